The third kappa shape index (κ3) is 2.26. The minimum atomic E-state index is -1.51. The Hall–Kier alpha value is -0.950. The lowest BCUT2D eigenvalue weighted by atomic mass is 9.61. The molecule has 0 aromatic rings. The van der Waals surface area contributed by atoms with Crippen LogP contribution in [0.4, 0.5) is 0 Å². The van der Waals surface area contributed by atoms with E-state index in [-0.39, 0.29) is 18.3 Å². The molecule has 0 saturated heterocycles. The maximum atomic E-state index is 11.9. The van der Waals surface area contributed by atoms with Crippen molar-refractivity contribution in [2.45, 2.75) is 89.3 Å². The predicted octanol–water partition coefficient (Wildman–Crippen LogP) is 1.54. The summed E-state index contributed by atoms with van der Waals surface area (Å²) in [4.78, 5) is 11.9. The van der Waals surface area contributed by atoms with Gasteiger partial charge >= 0.3 is 5.97 Å². The summed E-state index contributed by atoms with van der Waals surface area (Å²) in [7, 11) is 0. The van der Waals surface area contributed by atoms with Gasteiger partial charge in [0.25, 0.3) is 0 Å². The Bertz CT molecular complexity index is 714. The molecule has 4 rings (SSSR count). The Morgan fingerprint density at radius 3 is 2.36 bits per heavy atom. The first-order valence-electron chi connectivity index (χ1n) is 10.5. The molecule has 28 heavy (non-hydrogen) atoms. The highest BCUT2D eigenvalue weighted by atomic mass is 16.5. The Balaban J connectivity index is 1.86. The van der Waals surface area contributed by atoms with Gasteiger partial charge in [0.05, 0.1) is 17.8 Å². The van der Waals surface area contributed by atoms with Crippen molar-refractivity contribution in [3.8, 4) is 0 Å². The van der Waals surface area contributed by atoms with Crippen molar-refractivity contribution in [2.75, 3.05) is 0 Å². The first-order valence-corrected chi connectivity index (χ1v) is 10.5. The molecule has 0 radical (unpaired) electrons. The van der Waals surface area contributed by atoms with E-state index in [1.54, 1.807) is 20.8 Å². The molecule has 2 bridgehead atoms. The second-order valence-electron chi connectivity index (χ2n) is 10.7. The average Bonchev–Trinajstić information content (AvgIpc) is 2.79. The average molecular weight is 395 g/mol. The molecule has 0 unspecified atom stereocenters. The van der Waals surface area contributed by atoms with Gasteiger partial charge in [0, 0.05) is 29.6 Å². The van der Waals surface area contributed by atoms with Gasteiger partial charge in [0.1, 0.15) is 11.7 Å². The second kappa shape index (κ2) is 5.81. The summed E-state index contributed by atoms with van der Waals surface area (Å²) < 4.78 is 5.77. The van der Waals surface area contributed by atoms with Crippen LogP contribution < -0.4 is 0 Å². The van der Waals surface area contributed by atoms with Crippen LogP contribution in [-0.4, -0.2) is 55.9 Å². The largest absolute Gasteiger partial charge is 0.462 e. The third-order valence-corrected chi connectivity index (χ3v) is 9.00. The Morgan fingerprint density at radius 2 is 1.75 bits per heavy atom. The van der Waals surface area contributed by atoms with E-state index < -0.39 is 52.2 Å². The van der Waals surface area contributed by atoms with Gasteiger partial charge in [-0.3, -0.25) is 4.79 Å². The molecule has 0 heterocycles. The molecular weight excluding hydrogens is 360 g/mol. The highest BCUT2D eigenvalue weighted by molar-refractivity contribution is 5.66. The number of fused-ring (bicyclic) bond motifs is 2. The lowest BCUT2D eigenvalue weighted by Crippen LogP contribution is -2.57. The van der Waals surface area contributed by atoms with Crippen LogP contribution in [0.5, 0.6) is 0 Å². The smallest absolute Gasteiger partial charge is 0.302 e. The van der Waals surface area contributed by atoms with Crippen molar-refractivity contribution in [2.24, 2.45) is 28.6 Å². The molecule has 158 valence electrons. The predicted molar refractivity (Wildman–Crippen MR) is 102 cm³/mol. The van der Waals surface area contributed by atoms with Gasteiger partial charge in [0.15, 0.2) is 0 Å². The fourth-order valence-corrected chi connectivity index (χ4v) is 7.57. The van der Waals surface area contributed by atoms with Crippen LogP contribution in [0.25, 0.3) is 0 Å². The molecule has 4 aliphatic carbocycles. The highest BCUT2D eigenvalue weighted by Gasteiger charge is 2.73. The summed E-state index contributed by atoms with van der Waals surface area (Å²) in [5.74, 6) is -1.11. The summed E-state index contributed by atoms with van der Waals surface area (Å²) >= 11 is 0. The van der Waals surface area contributed by atoms with Crippen molar-refractivity contribution in [3.63, 3.8) is 0 Å². The maximum absolute atomic E-state index is 11.9. The van der Waals surface area contributed by atoms with Crippen LogP contribution in [-0.2, 0) is 9.53 Å². The van der Waals surface area contributed by atoms with Gasteiger partial charge in [-0.15, -0.1) is 0 Å². The Kier molecular flexibility index (Phi) is 4.22. The monoisotopic (exact) mass is 394 g/mol. The van der Waals surface area contributed by atoms with Crippen LogP contribution in [0, 0.1) is 28.6 Å². The van der Waals surface area contributed by atoms with Crippen LogP contribution in [0.15, 0.2) is 12.2 Å². The topological polar surface area (TPSA) is 107 Å². The molecule has 1 spiro atoms. The summed E-state index contributed by atoms with van der Waals surface area (Å²) in [6, 6.07) is 0. The van der Waals surface area contributed by atoms with Crippen LogP contribution in [0.1, 0.15) is 59.8 Å². The number of hydrogen-bond donors (Lipinski definition) is 4. The van der Waals surface area contributed by atoms with Crippen LogP contribution in [0.2, 0.25) is 0 Å². The minimum absolute atomic E-state index is 0.0863. The van der Waals surface area contributed by atoms with Gasteiger partial charge in [-0.25, -0.2) is 0 Å². The minimum Gasteiger partial charge on any atom is -0.462 e. The zero-order valence-electron chi connectivity index (χ0n) is 17.3. The van der Waals surface area contributed by atoms with Crippen molar-refractivity contribution < 1.29 is 30.0 Å². The molecule has 4 N–H and O–H groups in total. The number of rotatable bonds is 1. The lowest BCUT2D eigenvalue weighted by molar-refractivity contribution is -0.181. The number of hydrogen-bond acceptors (Lipinski definition) is 6. The standard InChI is InChI=1S/C22H34O6/c1-11-13-6-7-14-18(28-12(2)23)21(13,10-20(14,5)26)9-17(25)22(27)15(11)8-16(24)19(22,3)4/h13-18,24-27H,1,6-10H2,2-5H3/t13-,14+,15-,16+,17+,18-,20+,21-,22+/m0/s1. The molecule has 0 aromatic carbocycles. The number of carbonyl (C=O) groups is 1. The summed E-state index contributed by atoms with van der Waals surface area (Å²) in [5, 5.41) is 44.9. The molecule has 4 fully saturated rings. The SMILES string of the molecule is C=C1[C@@H]2CC[C@@H]3[C@H](OC(C)=O)[C@@]2(C[C@@H](O)[C@]2(O)[C@H]1C[C@@H](O)C2(C)C)C[C@@]3(C)O. The fourth-order valence-electron chi connectivity index (χ4n) is 7.57. The Labute approximate surface area is 166 Å². The van der Waals surface area contributed by atoms with Crippen molar-refractivity contribution >= 4 is 5.97 Å². The fraction of sp³-hybridized carbons (Fsp3) is 0.864. The lowest BCUT2D eigenvalue weighted by Gasteiger charge is -2.47. The first kappa shape index (κ1) is 20.3. The van der Waals surface area contributed by atoms with Crippen LogP contribution in [0.3, 0.4) is 0 Å². The second-order valence-corrected chi connectivity index (χ2v) is 10.7. The van der Waals surface area contributed by atoms with Gasteiger partial charge in [0.2, 0.25) is 0 Å². The Morgan fingerprint density at radius 1 is 1.11 bits per heavy atom. The quantitative estimate of drug-likeness (QED) is 0.397. The normalized spacial score (nSPS) is 54.6. The molecule has 0 aliphatic heterocycles. The molecule has 9 atom stereocenters. The van der Waals surface area contributed by atoms with Gasteiger partial charge < -0.3 is 25.2 Å². The molecule has 6 heteroatoms. The van der Waals surface area contributed by atoms with Crippen molar-refractivity contribution in [1.29, 1.82) is 0 Å². The van der Waals surface area contributed by atoms with E-state index in [0.29, 0.717) is 19.3 Å². The van der Waals surface area contributed by atoms with E-state index in [4.69, 9.17) is 4.74 Å². The van der Waals surface area contributed by atoms with E-state index in [9.17, 15) is 25.2 Å². The van der Waals surface area contributed by atoms with Crippen molar-refractivity contribution in [1.82, 2.24) is 0 Å². The van der Waals surface area contributed by atoms with Gasteiger partial charge in [-0.2, -0.15) is 0 Å². The van der Waals surface area contributed by atoms with E-state index in [0.717, 1.165) is 12.0 Å². The van der Waals surface area contributed by atoms with E-state index in [1.165, 1.54) is 6.92 Å². The zero-order chi connectivity index (χ0) is 20.9. The van der Waals surface area contributed by atoms with E-state index in [2.05, 4.69) is 6.58 Å². The van der Waals surface area contributed by atoms with Crippen LogP contribution >= 0.6 is 0 Å². The first-order chi connectivity index (χ1) is 12.8. The molecule has 4 saturated carbocycles. The number of aliphatic hydroxyl groups is 4. The van der Waals surface area contributed by atoms with Crippen molar-refractivity contribution in [3.05, 3.63) is 12.2 Å². The molecule has 6 nitrogen and oxygen atoms in total. The van der Waals surface area contributed by atoms with Gasteiger partial charge in [-0.05, 0) is 44.9 Å². The van der Waals surface area contributed by atoms with E-state index in [1.807, 2.05) is 0 Å². The molecule has 0 amide bonds. The highest BCUT2D eigenvalue weighted by Crippen LogP contribution is 2.69. The third-order valence-electron chi connectivity index (χ3n) is 9.00. The summed E-state index contributed by atoms with van der Waals surface area (Å²) in [6.45, 7) is 11.1. The number of carbonyl (C=O) groups excluding carboxylic acids is 1. The summed E-state index contributed by atoms with van der Waals surface area (Å²) in [5.41, 5.74) is -3.26. The molecule has 4 aliphatic rings. The number of esters is 1. The van der Waals surface area contributed by atoms with E-state index >= 15 is 0 Å². The maximum Gasteiger partial charge on any atom is 0.302 e. The molecule has 0 aromatic heterocycles. The number of aliphatic hydroxyl groups excluding tert-OH is 2. The summed E-state index contributed by atoms with van der Waals surface area (Å²) in [6.07, 6.45) is 0.0633. The molecular formula is C22H34O6. The zero-order valence-corrected chi connectivity index (χ0v) is 17.3. The number of ether oxygens (including phenoxy) is 1. The van der Waals surface area contributed by atoms with Gasteiger partial charge in [-0.1, -0.05) is 26.0 Å².